The van der Waals surface area contributed by atoms with Gasteiger partial charge in [-0.2, -0.15) is 0 Å². The maximum atomic E-state index is 12.5. The number of nitrogens with zero attached hydrogens (tertiary/aromatic N) is 2. The highest BCUT2D eigenvalue weighted by Crippen LogP contribution is 2.29. The van der Waals surface area contributed by atoms with Gasteiger partial charge in [-0.05, 0) is 17.7 Å². The van der Waals surface area contributed by atoms with Crippen molar-refractivity contribution in [1.82, 2.24) is 9.80 Å². The van der Waals surface area contributed by atoms with Gasteiger partial charge in [-0.15, -0.1) is 0 Å². The zero-order chi connectivity index (χ0) is 18.2. The second-order valence-corrected chi connectivity index (χ2v) is 9.37. The highest BCUT2D eigenvalue weighted by atomic mass is 32.2. The molecule has 2 aliphatic heterocycles. The number of carbonyl (C=O) groups excluding carboxylic acids is 1. The van der Waals surface area contributed by atoms with Gasteiger partial charge in [0.1, 0.15) is 5.75 Å². The maximum absolute atomic E-state index is 12.5. The van der Waals surface area contributed by atoms with E-state index in [1.165, 1.54) is 0 Å². The molecule has 1 aromatic carbocycles. The second kappa shape index (κ2) is 6.96. The van der Waals surface area contributed by atoms with Gasteiger partial charge in [0, 0.05) is 31.6 Å². The molecule has 1 aromatic rings. The molecule has 2 aliphatic rings. The lowest BCUT2D eigenvalue weighted by molar-refractivity contribution is -0.140. The quantitative estimate of drug-likeness (QED) is 0.800. The monoisotopic (exact) mass is 366 g/mol. The van der Waals surface area contributed by atoms with Crippen LogP contribution >= 0.6 is 0 Å². The summed E-state index contributed by atoms with van der Waals surface area (Å²) in [6.45, 7) is 5.70. The molecule has 0 radical (unpaired) electrons. The van der Waals surface area contributed by atoms with Crippen LogP contribution in [-0.2, 0) is 21.2 Å². The Balaban J connectivity index is 1.79. The van der Waals surface area contributed by atoms with Crippen molar-refractivity contribution in [1.29, 1.82) is 0 Å². The number of carbonyl (C=O) groups is 1. The number of sulfone groups is 1. The smallest absolute Gasteiger partial charge is 0.225 e. The number of amides is 1. The minimum Gasteiger partial charge on any atom is -0.497 e. The number of hydrogen-bond acceptors (Lipinski definition) is 5. The molecule has 0 aromatic heterocycles. The van der Waals surface area contributed by atoms with E-state index in [1.54, 1.807) is 12.0 Å². The minimum absolute atomic E-state index is 0.0520. The summed E-state index contributed by atoms with van der Waals surface area (Å²) in [6, 6.07) is 7.48. The summed E-state index contributed by atoms with van der Waals surface area (Å²) < 4.78 is 29.7. The van der Waals surface area contributed by atoms with Crippen LogP contribution in [0.15, 0.2) is 24.3 Å². The Kier molecular flexibility index (Phi) is 5.06. The van der Waals surface area contributed by atoms with E-state index in [0.717, 1.165) is 11.3 Å². The third-order valence-corrected chi connectivity index (χ3v) is 6.81. The van der Waals surface area contributed by atoms with E-state index in [-0.39, 0.29) is 35.4 Å². The SMILES string of the molecule is COc1ccc(CN2CCN(C(=O)C(C)C)[C@H]3CS(=O)(=O)C[C@H]32)cc1. The van der Waals surface area contributed by atoms with Crippen molar-refractivity contribution in [2.75, 3.05) is 31.7 Å². The first-order valence-corrected chi connectivity index (χ1v) is 10.5. The number of methoxy groups -OCH3 is 1. The molecule has 0 bridgehead atoms. The van der Waals surface area contributed by atoms with Crippen LogP contribution in [0, 0.1) is 5.92 Å². The van der Waals surface area contributed by atoms with Crippen LogP contribution in [0.4, 0.5) is 0 Å². The number of hydrogen-bond donors (Lipinski definition) is 0. The molecular weight excluding hydrogens is 340 g/mol. The third-order valence-electron chi connectivity index (χ3n) is 5.11. The molecule has 2 fully saturated rings. The maximum Gasteiger partial charge on any atom is 0.225 e. The third kappa shape index (κ3) is 3.82. The van der Waals surface area contributed by atoms with E-state index in [2.05, 4.69) is 4.90 Å². The fourth-order valence-corrected chi connectivity index (χ4v) is 5.80. The Hall–Kier alpha value is -1.60. The van der Waals surface area contributed by atoms with Crippen LogP contribution in [0.1, 0.15) is 19.4 Å². The van der Waals surface area contributed by atoms with E-state index in [4.69, 9.17) is 4.74 Å². The molecule has 0 unspecified atom stereocenters. The summed E-state index contributed by atoms with van der Waals surface area (Å²) in [4.78, 5) is 16.5. The number of rotatable bonds is 4. The number of benzene rings is 1. The van der Waals surface area contributed by atoms with E-state index in [1.807, 2.05) is 38.1 Å². The summed E-state index contributed by atoms with van der Waals surface area (Å²) in [6.07, 6.45) is 0. The molecular formula is C18H26N2O4S. The Morgan fingerprint density at radius 1 is 1.16 bits per heavy atom. The Morgan fingerprint density at radius 3 is 2.40 bits per heavy atom. The van der Waals surface area contributed by atoms with Gasteiger partial charge >= 0.3 is 0 Å². The van der Waals surface area contributed by atoms with Crippen molar-refractivity contribution in [2.45, 2.75) is 32.5 Å². The summed E-state index contributed by atoms with van der Waals surface area (Å²) in [5, 5.41) is 0. The fourth-order valence-electron chi connectivity index (χ4n) is 3.79. The van der Waals surface area contributed by atoms with Gasteiger partial charge in [0.15, 0.2) is 9.84 Å². The lowest BCUT2D eigenvalue weighted by Crippen LogP contribution is -2.60. The lowest BCUT2D eigenvalue weighted by atomic mass is 10.0. The Labute approximate surface area is 149 Å². The van der Waals surface area contributed by atoms with Gasteiger partial charge in [-0.1, -0.05) is 26.0 Å². The highest BCUT2D eigenvalue weighted by Gasteiger charge is 2.48. The molecule has 2 heterocycles. The normalized spacial score (nSPS) is 25.8. The van der Waals surface area contributed by atoms with Gasteiger partial charge in [-0.25, -0.2) is 8.42 Å². The van der Waals surface area contributed by atoms with Crippen LogP contribution in [0.25, 0.3) is 0 Å². The zero-order valence-corrected chi connectivity index (χ0v) is 15.8. The first-order chi connectivity index (χ1) is 11.8. The molecule has 138 valence electrons. The number of ether oxygens (including phenoxy) is 1. The zero-order valence-electron chi connectivity index (χ0n) is 15.0. The average Bonchev–Trinajstić information content (AvgIpc) is 2.90. The highest BCUT2D eigenvalue weighted by molar-refractivity contribution is 7.91. The van der Waals surface area contributed by atoms with Crippen molar-refractivity contribution >= 4 is 15.7 Å². The molecule has 0 aliphatic carbocycles. The van der Waals surface area contributed by atoms with Gasteiger partial charge in [-0.3, -0.25) is 9.69 Å². The van der Waals surface area contributed by atoms with Gasteiger partial charge < -0.3 is 9.64 Å². The fraction of sp³-hybridized carbons (Fsp3) is 0.611. The molecule has 2 saturated heterocycles. The Morgan fingerprint density at radius 2 is 1.80 bits per heavy atom. The van der Waals surface area contributed by atoms with Crippen LogP contribution < -0.4 is 4.74 Å². The minimum atomic E-state index is -3.11. The molecule has 25 heavy (non-hydrogen) atoms. The molecule has 1 amide bonds. The number of piperazine rings is 1. The second-order valence-electron chi connectivity index (χ2n) is 7.22. The lowest BCUT2D eigenvalue weighted by Gasteiger charge is -2.44. The van der Waals surface area contributed by atoms with E-state index in [9.17, 15) is 13.2 Å². The summed E-state index contributed by atoms with van der Waals surface area (Å²) in [7, 11) is -1.48. The summed E-state index contributed by atoms with van der Waals surface area (Å²) in [5.74, 6) is 0.955. The van der Waals surface area contributed by atoms with Crippen molar-refractivity contribution in [3.63, 3.8) is 0 Å². The molecule has 6 nitrogen and oxygen atoms in total. The molecule has 0 spiro atoms. The predicted octanol–water partition coefficient (Wildman–Crippen LogP) is 1.16. The van der Waals surface area contributed by atoms with Gasteiger partial charge in [0.05, 0.1) is 24.7 Å². The molecule has 0 saturated carbocycles. The van der Waals surface area contributed by atoms with Gasteiger partial charge in [0.2, 0.25) is 5.91 Å². The van der Waals surface area contributed by atoms with Crippen molar-refractivity contribution < 1.29 is 17.9 Å². The Bertz CT molecular complexity index is 730. The molecule has 3 rings (SSSR count). The van der Waals surface area contributed by atoms with E-state index < -0.39 is 9.84 Å². The van der Waals surface area contributed by atoms with E-state index >= 15 is 0 Å². The standard InChI is InChI=1S/C18H26N2O4S/c1-13(2)18(21)20-9-8-19(16-11-25(22,23)12-17(16)20)10-14-4-6-15(24-3)7-5-14/h4-7,13,16-17H,8-12H2,1-3H3/t16-,17+/m1/s1. The predicted molar refractivity (Wildman–Crippen MR) is 96.2 cm³/mol. The molecule has 7 heteroatoms. The summed E-state index contributed by atoms with van der Waals surface area (Å²) >= 11 is 0. The number of fused-ring (bicyclic) bond motifs is 1. The van der Waals surface area contributed by atoms with E-state index in [0.29, 0.717) is 19.6 Å². The van der Waals surface area contributed by atoms with Crippen molar-refractivity contribution in [2.24, 2.45) is 5.92 Å². The van der Waals surface area contributed by atoms with Crippen LogP contribution in [-0.4, -0.2) is 67.9 Å². The van der Waals surface area contributed by atoms with Gasteiger partial charge in [0.25, 0.3) is 0 Å². The molecule has 2 atom stereocenters. The van der Waals surface area contributed by atoms with Crippen LogP contribution in [0.5, 0.6) is 5.75 Å². The first kappa shape index (κ1) is 18.2. The van der Waals surface area contributed by atoms with Crippen LogP contribution in [0.3, 0.4) is 0 Å². The van der Waals surface area contributed by atoms with Crippen LogP contribution in [0.2, 0.25) is 0 Å². The largest absolute Gasteiger partial charge is 0.497 e. The topological polar surface area (TPSA) is 66.9 Å². The molecule has 0 N–H and O–H groups in total. The van der Waals surface area contributed by atoms with Crippen molar-refractivity contribution in [3.05, 3.63) is 29.8 Å². The summed E-state index contributed by atoms with van der Waals surface area (Å²) in [5.41, 5.74) is 1.12. The average molecular weight is 366 g/mol. The van der Waals surface area contributed by atoms with Crippen molar-refractivity contribution in [3.8, 4) is 5.75 Å². The first-order valence-electron chi connectivity index (χ1n) is 8.68.